The number of rotatable bonds is 1. The predicted octanol–water partition coefficient (Wildman–Crippen LogP) is 1.34. The predicted molar refractivity (Wildman–Crippen MR) is 50.6 cm³/mol. The molecule has 0 aromatic rings. The zero-order chi connectivity index (χ0) is 9.31. The molecule has 0 saturated heterocycles. The Labute approximate surface area is 79.0 Å². The van der Waals surface area contributed by atoms with Gasteiger partial charge in [-0.3, -0.25) is 10.2 Å². The van der Waals surface area contributed by atoms with Gasteiger partial charge in [0.25, 0.3) is 0 Å². The van der Waals surface area contributed by atoms with E-state index in [1.165, 1.54) is 25.7 Å². The lowest BCUT2D eigenvalue weighted by molar-refractivity contribution is -0.136. The van der Waals surface area contributed by atoms with Crippen molar-refractivity contribution in [3.05, 3.63) is 0 Å². The van der Waals surface area contributed by atoms with Crippen molar-refractivity contribution >= 4 is 5.91 Å². The van der Waals surface area contributed by atoms with Gasteiger partial charge in [-0.2, -0.15) is 0 Å². The van der Waals surface area contributed by atoms with Crippen LogP contribution in [-0.2, 0) is 4.79 Å². The maximum absolute atomic E-state index is 11.7. The number of amides is 1. The van der Waals surface area contributed by atoms with Crippen molar-refractivity contribution in [3.63, 3.8) is 0 Å². The molecule has 3 nitrogen and oxygen atoms in total. The van der Waals surface area contributed by atoms with Gasteiger partial charge in [0, 0.05) is 0 Å². The minimum Gasteiger partial charge on any atom is -0.294 e. The Kier molecular flexibility index (Phi) is 2.28. The maximum Gasteiger partial charge on any atom is 0.240 e. The second-order valence-corrected chi connectivity index (χ2v) is 4.61. The molecule has 0 aliphatic heterocycles. The number of hydrazine groups is 1. The lowest BCUT2D eigenvalue weighted by Gasteiger charge is -2.43. The molecule has 2 bridgehead atoms. The quantitative estimate of drug-likeness (QED) is 0.365. The van der Waals surface area contributed by atoms with Gasteiger partial charge in [-0.25, -0.2) is 5.84 Å². The first-order chi connectivity index (χ1) is 6.27. The Morgan fingerprint density at radius 3 is 2.46 bits per heavy atom. The molecular weight excluding hydrogens is 164 g/mol. The number of fused-ring (bicyclic) bond motifs is 2. The monoisotopic (exact) mass is 182 g/mol. The van der Waals surface area contributed by atoms with Crippen LogP contribution in [0.2, 0.25) is 0 Å². The van der Waals surface area contributed by atoms with Gasteiger partial charge in [-0.05, 0) is 25.2 Å². The zero-order valence-corrected chi connectivity index (χ0v) is 8.01. The molecule has 0 atom stereocenters. The summed E-state index contributed by atoms with van der Waals surface area (Å²) in [5, 5.41) is 0. The number of nitrogens with one attached hydrogen (secondary N) is 1. The molecule has 3 N–H and O–H groups in total. The van der Waals surface area contributed by atoms with Gasteiger partial charge in [-0.15, -0.1) is 0 Å². The van der Waals surface area contributed by atoms with Gasteiger partial charge in [0.15, 0.2) is 0 Å². The Balaban J connectivity index is 2.14. The first kappa shape index (κ1) is 9.00. The van der Waals surface area contributed by atoms with E-state index >= 15 is 0 Å². The topological polar surface area (TPSA) is 55.1 Å². The minimum atomic E-state index is -0.0874. The van der Waals surface area contributed by atoms with Crippen molar-refractivity contribution in [2.45, 2.75) is 44.9 Å². The average molecular weight is 182 g/mol. The van der Waals surface area contributed by atoms with Crippen LogP contribution in [0.25, 0.3) is 0 Å². The fourth-order valence-electron chi connectivity index (χ4n) is 3.16. The third-order valence-corrected chi connectivity index (χ3v) is 3.83. The van der Waals surface area contributed by atoms with E-state index in [0.29, 0.717) is 0 Å². The van der Waals surface area contributed by atoms with Crippen LogP contribution in [0.3, 0.4) is 0 Å². The van der Waals surface area contributed by atoms with E-state index in [1.807, 2.05) is 0 Å². The van der Waals surface area contributed by atoms with Crippen LogP contribution in [0, 0.1) is 11.3 Å². The molecule has 13 heavy (non-hydrogen) atoms. The number of hydrogen-bond acceptors (Lipinski definition) is 2. The third kappa shape index (κ3) is 1.46. The highest BCUT2D eigenvalue weighted by atomic mass is 16.2. The van der Waals surface area contributed by atoms with E-state index < -0.39 is 0 Å². The first-order valence-electron chi connectivity index (χ1n) is 5.28. The molecular formula is C10H18N2O. The second-order valence-electron chi connectivity index (χ2n) is 4.61. The van der Waals surface area contributed by atoms with Crippen LogP contribution < -0.4 is 11.3 Å². The van der Waals surface area contributed by atoms with Gasteiger partial charge >= 0.3 is 0 Å². The van der Waals surface area contributed by atoms with E-state index in [4.69, 9.17) is 5.84 Å². The van der Waals surface area contributed by atoms with Crippen molar-refractivity contribution in [3.8, 4) is 0 Å². The van der Waals surface area contributed by atoms with Crippen LogP contribution in [0.15, 0.2) is 0 Å². The third-order valence-electron chi connectivity index (χ3n) is 3.83. The lowest BCUT2D eigenvalue weighted by Crippen LogP contribution is -2.48. The van der Waals surface area contributed by atoms with Crippen LogP contribution in [0.5, 0.6) is 0 Å². The molecule has 0 heterocycles. The molecule has 0 spiro atoms. The summed E-state index contributed by atoms with van der Waals surface area (Å²) in [6.07, 6.45) is 8.23. The van der Waals surface area contributed by atoms with E-state index in [1.54, 1.807) is 0 Å². The summed E-state index contributed by atoms with van der Waals surface area (Å²) < 4.78 is 0. The highest BCUT2D eigenvalue weighted by Crippen LogP contribution is 2.48. The standard InChI is InChI=1S/C10H18N2O/c11-12-9(13)10-5-1-3-8(7-10)4-2-6-10/h8H,1-7,11H2,(H,12,13). The van der Waals surface area contributed by atoms with Crippen LogP contribution in [0.4, 0.5) is 0 Å². The van der Waals surface area contributed by atoms with Crippen molar-refractivity contribution in [2.24, 2.45) is 17.2 Å². The number of hydrogen-bond donors (Lipinski definition) is 2. The molecule has 2 fully saturated rings. The normalized spacial score (nSPS) is 38.4. The van der Waals surface area contributed by atoms with Gasteiger partial charge in [0.1, 0.15) is 0 Å². The van der Waals surface area contributed by atoms with Crippen molar-refractivity contribution < 1.29 is 4.79 Å². The fourth-order valence-corrected chi connectivity index (χ4v) is 3.16. The summed E-state index contributed by atoms with van der Waals surface area (Å²) in [7, 11) is 0. The molecule has 1 amide bonds. The minimum absolute atomic E-state index is 0.0805. The van der Waals surface area contributed by atoms with Crippen molar-refractivity contribution in [1.29, 1.82) is 0 Å². The number of nitrogens with two attached hydrogens (primary N) is 1. The molecule has 2 saturated carbocycles. The Bertz CT molecular complexity index is 205. The highest BCUT2D eigenvalue weighted by molar-refractivity contribution is 5.82. The van der Waals surface area contributed by atoms with E-state index in [9.17, 15) is 4.79 Å². The smallest absolute Gasteiger partial charge is 0.240 e. The summed E-state index contributed by atoms with van der Waals surface area (Å²) in [6.45, 7) is 0. The second kappa shape index (κ2) is 3.29. The number of carbonyl (C=O) groups is 1. The average Bonchev–Trinajstić information content (AvgIpc) is 2.17. The largest absolute Gasteiger partial charge is 0.294 e. The summed E-state index contributed by atoms with van der Waals surface area (Å²) >= 11 is 0. The molecule has 0 aromatic heterocycles. The van der Waals surface area contributed by atoms with Crippen LogP contribution in [-0.4, -0.2) is 5.91 Å². The summed E-state index contributed by atoms with van der Waals surface area (Å²) in [5.74, 6) is 6.11. The maximum atomic E-state index is 11.7. The molecule has 0 aromatic carbocycles. The van der Waals surface area contributed by atoms with Crippen molar-refractivity contribution in [2.75, 3.05) is 0 Å². The molecule has 2 rings (SSSR count). The lowest BCUT2D eigenvalue weighted by atomic mass is 9.61. The molecule has 0 radical (unpaired) electrons. The van der Waals surface area contributed by atoms with Gasteiger partial charge < -0.3 is 0 Å². The van der Waals surface area contributed by atoms with Crippen LogP contribution >= 0.6 is 0 Å². The molecule has 2 aliphatic rings. The van der Waals surface area contributed by atoms with Gasteiger partial charge in [0.05, 0.1) is 5.41 Å². The Morgan fingerprint density at radius 1 is 1.31 bits per heavy atom. The van der Waals surface area contributed by atoms with Crippen molar-refractivity contribution in [1.82, 2.24) is 5.43 Å². The number of carbonyl (C=O) groups excluding carboxylic acids is 1. The summed E-state index contributed by atoms with van der Waals surface area (Å²) in [5.41, 5.74) is 2.25. The molecule has 3 heteroatoms. The zero-order valence-electron chi connectivity index (χ0n) is 8.01. The molecule has 74 valence electrons. The molecule has 0 unspecified atom stereocenters. The first-order valence-corrected chi connectivity index (χ1v) is 5.28. The van der Waals surface area contributed by atoms with E-state index in [-0.39, 0.29) is 11.3 Å². The summed E-state index contributed by atoms with van der Waals surface area (Å²) in [6, 6.07) is 0. The SMILES string of the molecule is NNC(=O)C12CCCC(CCC1)C2. The fraction of sp³-hybridized carbons (Fsp3) is 0.900. The van der Waals surface area contributed by atoms with E-state index in [0.717, 1.165) is 25.2 Å². The summed E-state index contributed by atoms with van der Waals surface area (Å²) in [4.78, 5) is 11.7. The molecule has 2 aliphatic carbocycles. The van der Waals surface area contributed by atoms with Gasteiger partial charge in [0.2, 0.25) is 5.91 Å². The highest BCUT2D eigenvalue weighted by Gasteiger charge is 2.44. The Hall–Kier alpha value is -0.570. The Morgan fingerprint density at radius 2 is 1.92 bits per heavy atom. The van der Waals surface area contributed by atoms with E-state index in [2.05, 4.69) is 5.43 Å². The van der Waals surface area contributed by atoms with Gasteiger partial charge in [-0.1, -0.05) is 25.7 Å². The van der Waals surface area contributed by atoms with Crippen LogP contribution in [0.1, 0.15) is 44.9 Å².